The van der Waals surface area contributed by atoms with E-state index in [9.17, 15) is 5.11 Å². The maximum absolute atomic E-state index is 9.71. The highest BCUT2D eigenvalue weighted by molar-refractivity contribution is 5.61. The normalized spacial score (nSPS) is 10.5. The zero-order chi connectivity index (χ0) is 14.7. The van der Waals surface area contributed by atoms with E-state index in [0.29, 0.717) is 22.8 Å². The molecule has 3 aromatic rings. The Labute approximate surface area is 121 Å². The van der Waals surface area contributed by atoms with Gasteiger partial charge < -0.3 is 14.4 Å². The first-order valence-electron chi connectivity index (χ1n) is 6.53. The Morgan fingerprint density at radius 3 is 2.71 bits per heavy atom. The second-order valence-corrected chi connectivity index (χ2v) is 4.57. The summed E-state index contributed by atoms with van der Waals surface area (Å²) in [5.74, 6) is 1.77. The third-order valence-electron chi connectivity index (χ3n) is 3.11. The van der Waals surface area contributed by atoms with Crippen LogP contribution in [0.3, 0.4) is 0 Å². The second kappa shape index (κ2) is 5.66. The maximum atomic E-state index is 9.71. The molecule has 3 rings (SSSR count). The Morgan fingerprint density at radius 1 is 1.10 bits per heavy atom. The molecule has 5 heteroatoms. The van der Waals surface area contributed by atoms with Gasteiger partial charge in [-0.3, -0.25) is 0 Å². The quantitative estimate of drug-likeness (QED) is 0.795. The van der Waals surface area contributed by atoms with Gasteiger partial charge in [-0.1, -0.05) is 29.4 Å². The maximum Gasteiger partial charge on any atom is 0.258 e. The molecule has 0 aliphatic rings. The Kier molecular flexibility index (Phi) is 3.55. The molecular weight excluding hydrogens is 268 g/mol. The molecule has 0 aliphatic heterocycles. The van der Waals surface area contributed by atoms with E-state index in [1.165, 1.54) is 0 Å². The molecule has 21 heavy (non-hydrogen) atoms. The van der Waals surface area contributed by atoms with Crippen molar-refractivity contribution in [3.05, 3.63) is 59.9 Å². The number of aromatic hydroxyl groups is 1. The standard InChI is InChI=1S/C16H14N2O3/c1-11-13(8-5-9-14(11)19)16-17-15(18-21-16)10-20-12-6-3-2-4-7-12/h2-9,19H,10H2,1H3. The van der Waals surface area contributed by atoms with Crippen molar-refractivity contribution in [1.29, 1.82) is 0 Å². The highest BCUT2D eigenvalue weighted by Gasteiger charge is 2.13. The Balaban J connectivity index is 1.76. The molecule has 1 N–H and O–H groups in total. The van der Waals surface area contributed by atoms with Crippen molar-refractivity contribution in [2.75, 3.05) is 0 Å². The molecule has 0 saturated heterocycles. The Morgan fingerprint density at radius 2 is 1.90 bits per heavy atom. The number of ether oxygens (including phenoxy) is 1. The summed E-state index contributed by atoms with van der Waals surface area (Å²) in [5.41, 5.74) is 1.42. The van der Waals surface area contributed by atoms with E-state index in [0.717, 1.165) is 5.75 Å². The van der Waals surface area contributed by atoms with Gasteiger partial charge in [0.2, 0.25) is 5.82 Å². The van der Waals surface area contributed by atoms with Crippen LogP contribution in [0.4, 0.5) is 0 Å². The average molecular weight is 282 g/mol. The van der Waals surface area contributed by atoms with Crippen LogP contribution in [0.15, 0.2) is 53.1 Å². The number of benzene rings is 2. The summed E-state index contributed by atoms with van der Waals surface area (Å²) in [7, 11) is 0. The highest BCUT2D eigenvalue weighted by atomic mass is 16.5. The van der Waals surface area contributed by atoms with Gasteiger partial charge in [-0.05, 0) is 31.2 Å². The van der Waals surface area contributed by atoms with Gasteiger partial charge in [-0.15, -0.1) is 0 Å². The zero-order valence-corrected chi connectivity index (χ0v) is 11.5. The van der Waals surface area contributed by atoms with Crippen LogP contribution in [-0.4, -0.2) is 15.2 Å². The van der Waals surface area contributed by atoms with Gasteiger partial charge in [-0.2, -0.15) is 4.98 Å². The van der Waals surface area contributed by atoms with Crippen LogP contribution in [-0.2, 0) is 6.61 Å². The molecule has 0 amide bonds. The predicted molar refractivity (Wildman–Crippen MR) is 76.9 cm³/mol. The van der Waals surface area contributed by atoms with E-state index < -0.39 is 0 Å². The number of nitrogens with zero attached hydrogens (tertiary/aromatic N) is 2. The van der Waals surface area contributed by atoms with Crippen LogP contribution < -0.4 is 4.74 Å². The summed E-state index contributed by atoms with van der Waals surface area (Å²) in [4.78, 5) is 4.28. The molecule has 0 saturated carbocycles. The van der Waals surface area contributed by atoms with Crippen LogP contribution in [0.25, 0.3) is 11.5 Å². The minimum atomic E-state index is 0.202. The fourth-order valence-corrected chi connectivity index (χ4v) is 1.94. The number of hydrogen-bond acceptors (Lipinski definition) is 5. The summed E-state index contributed by atoms with van der Waals surface area (Å²) in [6.07, 6.45) is 0. The van der Waals surface area contributed by atoms with Gasteiger partial charge in [0.1, 0.15) is 11.5 Å². The molecule has 0 spiro atoms. The van der Waals surface area contributed by atoms with Crippen molar-refractivity contribution >= 4 is 0 Å². The van der Waals surface area contributed by atoms with E-state index in [1.807, 2.05) is 36.4 Å². The molecule has 0 unspecified atom stereocenters. The van der Waals surface area contributed by atoms with E-state index in [1.54, 1.807) is 19.1 Å². The molecular formula is C16H14N2O3. The molecule has 1 heterocycles. The fourth-order valence-electron chi connectivity index (χ4n) is 1.94. The van der Waals surface area contributed by atoms with Crippen molar-refractivity contribution in [3.63, 3.8) is 0 Å². The highest BCUT2D eigenvalue weighted by Crippen LogP contribution is 2.27. The van der Waals surface area contributed by atoms with Crippen molar-refractivity contribution in [1.82, 2.24) is 10.1 Å². The lowest BCUT2D eigenvalue weighted by Gasteiger charge is -2.02. The lowest BCUT2D eigenvalue weighted by molar-refractivity contribution is 0.287. The summed E-state index contributed by atoms with van der Waals surface area (Å²) < 4.78 is 10.8. The first-order chi connectivity index (χ1) is 10.2. The van der Waals surface area contributed by atoms with Crippen molar-refractivity contribution in [3.8, 4) is 23.0 Å². The number of aromatic nitrogens is 2. The van der Waals surface area contributed by atoms with Crippen LogP contribution in [0.1, 0.15) is 11.4 Å². The first kappa shape index (κ1) is 13.2. The number of hydrogen-bond donors (Lipinski definition) is 1. The number of phenolic OH excluding ortho intramolecular Hbond substituents is 1. The minimum Gasteiger partial charge on any atom is -0.508 e. The molecule has 0 fully saturated rings. The van der Waals surface area contributed by atoms with E-state index in [2.05, 4.69) is 10.1 Å². The third kappa shape index (κ3) is 2.86. The molecule has 106 valence electrons. The van der Waals surface area contributed by atoms with Gasteiger partial charge in [0.15, 0.2) is 6.61 Å². The minimum absolute atomic E-state index is 0.202. The number of rotatable bonds is 4. The van der Waals surface area contributed by atoms with Gasteiger partial charge >= 0.3 is 0 Å². The first-order valence-corrected chi connectivity index (χ1v) is 6.53. The van der Waals surface area contributed by atoms with E-state index in [4.69, 9.17) is 9.26 Å². The zero-order valence-electron chi connectivity index (χ0n) is 11.5. The topological polar surface area (TPSA) is 68.4 Å². The lowest BCUT2D eigenvalue weighted by atomic mass is 10.1. The largest absolute Gasteiger partial charge is 0.508 e. The monoisotopic (exact) mass is 282 g/mol. The van der Waals surface area contributed by atoms with Crippen molar-refractivity contribution in [2.24, 2.45) is 0 Å². The van der Waals surface area contributed by atoms with Crippen molar-refractivity contribution in [2.45, 2.75) is 13.5 Å². The van der Waals surface area contributed by atoms with E-state index in [-0.39, 0.29) is 12.4 Å². The second-order valence-electron chi connectivity index (χ2n) is 4.57. The van der Waals surface area contributed by atoms with Gasteiger partial charge in [0.05, 0.1) is 0 Å². The molecule has 1 aromatic heterocycles. The van der Waals surface area contributed by atoms with Crippen LogP contribution >= 0.6 is 0 Å². The molecule has 0 radical (unpaired) electrons. The molecule has 0 atom stereocenters. The summed E-state index contributed by atoms with van der Waals surface area (Å²) in [6, 6.07) is 14.6. The van der Waals surface area contributed by atoms with Gasteiger partial charge in [0, 0.05) is 11.1 Å². The molecule has 0 bridgehead atoms. The summed E-state index contributed by atoms with van der Waals surface area (Å²) in [5, 5.41) is 13.6. The van der Waals surface area contributed by atoms with Crippen LogP contribution in [0, 0.1) is 6.92 Å². The van der Waals surface area contributed by atoms with E-state index >= 15 is 0 Å². The summed E-state index contributed by atoms with van der Waals surface area (Å²) >= 11 is 0. The lowest BCUT2D eigenvalue weighted by Crippen LogP contribution is -1.97. The smallest absolute Gasteiger partial charge is 0.258 e. The van der Waals surface area contributed by atoms with Crippen molar-refractivity contribution < 1.29 is 14.4 Å². The molecule has 2 aromatic carbocycles. The van der Waals surface area contributed by atoms with Gasteiger partial charge in [0.25, 0.3) is 5.89 Å². The van der Waals surface area contributed by atoms with Crippen LogP contribution in [0.2, 0.25) is 0 Å². The molecule has 0 aliphatic carbocycles. The predicted octanol–water partition coefficient (Wildman–Crippen LogP) is 3.33. The summed E-state index contributed by atoms with van der Waals surface area (Å²) in [6.45, 7) is 2.03. The average Bonchev–Trinajstić information content (AvgIpc) is 2.98. The SMILES string of the molecule is Cc1c(O)cccc1-c1nc(COc2ccccc2)no1. The van der Waals surface area contributed by atoms with Gasteiger partial charge in [-0.25, -0.2) is 0 Å². The Bertz CT molecular complexity index is 738. The van der Waals surface area contributed by atoms with Crippen LogP contribution in [0.5, 0.6) is 11.5 Å². The number of phenols is 1. The Hall–Kier alpha value is -2.82. The fraction of sp³-hybridized carbons (Fsp3) is 0.125. The third-order valence-corrected chi connectivity index (χ3v) is 3.11. The number of para-hydroxylation sites is 1. The molecule has 5 nitrogen and oxygen atoms in total.